The van der Waals surface area contributed by atoms with Gasteiger partial charge >= 0.3 is 0 Å². The SMILES string of the molecule is CCCC(C)n1c(CCl)nc2c(OCC)cccc21. The van der Waals surface area contributed by atoms with Crippen molar-refractivity contribution >= 4 is 22.6 Å². The van der Waals surface area contributed by atoms with E-state index < -0.39 is 0 Å². The molecule has 0 aliphatic heterocycles. The number of alkyl halides is 1. The Morgan fingerprint density at radius 1 is 1.37 bits per heavy atom. The first-order valence-corrected chi connectivity index (χ1v) is 7.44. The van der Waals surface area contributed by atoms with Crippen LogP contribution in [0.4, 0.5) is 0 Å². The van der Waals surface area contributed by atoms with Crippen molar-refractivity contribution in [2.75, 3.05) is 6.61 Å². The number of fused-ring (bicyclic) bond motifs is 1. The highest BCUT2D eigenvalue weighted by Gasteiger charge is 2.17. The number of benzene rings is 1. The summed E-state index contributed by atoms with van der Waals surface area (Å²) in [6.07, 6.45) is 2.27. The smallest absolute Gasteiger partial charge is 0.147 e. The Morgan fingerprint density at radius 3 is 2.79 bits per heavy atom. The molecule has 104 valence electrons. The zero-order valence-electron chi connectivity index (χ0n) is 11.8. The molecule has 1 atom stereocenters. The van der Waals surface area contributed by atoms with Gasteiger partial charge in [-0.3, -0.25) is 0 Å². The topological polar surface area (TPSA) is 27.1 Å². The summed E-state index contributed by atoms with van der Waals surface area (Å²) in [5.41, 5.74) is 2.03. The quantitative estimate of drug-likeness (QED) is 0.727. The molecular formula is C15H21ClN2O. The van der Waals surface area contributed by atoms with Crippen molar-refractivity contribution in [1.29, 1.82) is 0 Å². The standard InChI is InChI=1S/C15H21ClN2O/c1-4-7-11(3)18-12-8-6-9-13(19-5-2)15(12)17-14(18)10-16/h6,8-9,11H,4-5,7,10H2,1-3H3. The second-order valence-corrected chi connectivity index (χ2v) is 4.99. The summed E-state index contributed by atoms with van der Waals surface area (Å²) < 4.78 is 7.90. The van der Waals surface area contributed by atoms with E-state index in [1.807, 2.05) is 19.1 Å². The summed E-state index contributed by atoms with van der Waals surface area (Å²) >= 11 is 6.05. The fraction of sp³-hybridized carbons (Fsp3) is 0.533. The van der Waals surface area contributed by atoms with E-state index in [4.69, 9.17) is 16.3 Å². The Morgan fingerprint density at radius 2 is 2.16 bits per heavy atom. The van der Waals surface area contributed by atoms with Gasteiger partial charge in [0, 0.05) is 6.04 Å². The van der Waals surface area contributed by atoms with Crippen molar-refractivity contribution in [3.8, 4) is 5.75 Å². The van der Waals surface area contributed by atoms with Gasteiger partial charge in [-0.05, 0) is 32.4 Å². The molecule has 4 heteroatoms. The molecule has 0 radical (unpaired) electrons. The van der Waals surface area contributed by atoms with Gasteiger partial charge < -0.3 is 9.30 Å². The maximum absolute atomic E-state index is 6.05. The number of ether oxygens (including phenoxy) is 1. The van der Waals surface area contributed by atoms with Crippen LogP contribution in [0.3, 0.4) is 0 Å². The monoisotopic (exact) mass is 280 g/mol. The Balaban J connectivity index is 2.58. The largest absolute Gasteiger partial charge is 0.492 e. The van der Waals surface area contributed by atoms with Crippen molar-refractivity contribution in [2.45, 2.75) is 45.5 Å². The number of halogens is 1. The van der Waals surface area contributed by atoms with Crippen molar-refractivity contribution in [3.05, 3.63) is 24.0 Å². The average Bonchev–Trinajstić information content (AvgIpc) is 2.79. The molecule has 0 spiro atoms. The average molecular weight is 281 g/mol. The van der Waals surface area contributed by atoms with E-state index in [1.54, 1.807) is 0 Å². The Bertz CT molecular complexity index is 550. The Labute approximate surface area is 119 Å². The summed E-state index contributed by atoms with van der Waals surface area (Å²) in [7, 11) is 0. The second kappa shape index (κ2) is 6.29. The van der Waals surface area contributed by atoms with Crippen LogP contribution in [0.5, 0.6) is 5.75 Å². The van der Waals surface area contributed by atoms with Crippen LogP contribution in [-0.2, 0) is 5.88 Å². The second-order valence-electron chi connectivity index (χ2n) is 4.73. The normalized spacial score (nSPS) is 12.8. The first-order valence-electron chi connectivity index (χ1n) is 6.91. The van der Waals surface area contributed by atoms with Crippen molar-refractivity contribution in [2.24, 2.45) is 0 Å². The van der Waals surface area contributed by atoms with Crippen molar-refractivity contribution in [3.63, 3.8) is 0 Å². The molecule has 1 aromatic heterocycles. The lowest BCUT2D eigenvalue weighted by atomic mass is 10.2. The Hall–Kier alpha value is -1.22. The molecule has 0 N–H and O–H groups in total. The van der Waals surface area contributed by atoms with Crippen LogP contribution >= 0.6 is 11.6 Å². The maximum atomic E-state index is 6.05. The fourth-order valence-electron chi connectivity index (χ4n) is 2.54. The zero-order valence-corrected chi connectivity index (χ0v) is 12.6. The first-order chi connectivity index (χ1) is 9.22. The van der Waals surface area contributed by atoms with Crippen molar-refractivity contribution in [1.82, 2.24) is 9.55 Å². The highest BCUT2D eigenvalue weighted by Crippen LogP contribution is 2.30. The van der Waals surface area contributed by atoms with Gasteiger partial charge in [0.25, 0.3) is 0 Å². The van der Waals surface area contributed by atoms with Gasteiger partial charge in [0.2, 0.25) is 0 Å². The molecule has 1 aromatic carbocycles. The fourth-order valence-corrected chi connectivity index (χ4v) is 2.73. The van der Waals surface area contributed by atoms with Gasteiger partial charge in [-0.25, -0.2) is 4.98 Å². The van der Waals surface area contributed by atoms with Crippen LogP contribution in [0.25, 0.3) is 11.0 Å². The van der Waals surface area contributed by atoms with E-state index >= 15 is 0 Å². The van der Waals surface area contributed by atoms with Crippen LogP contribution in [0.1, 0.15) is 45.5 Å². The predicted octanol–water partition coefficient (Wildman–Crippen LogP) is 4.53. The third kappa shape index (κ3) is 2.71. The van der Waals surface area contributed by atoms with E-state index in [0.29, 0.717) is 18.5 Å². The molecule has 1 unspecified atom stereocenters. The Kier molecular flexibility index (Phi) is 4.70. The summed E-state index contributed by atoms with van der Waals surface area (Å²) in [6.45, 7) is 7.04. The molecule has 3 nitrogen and oxygen atoms in total. The molecule has 0 saturated heterocycles. The number of rotatable bonds is 6. The molecule has 19 heavy (non-hydrogen) atoms. The van der Waals surface area contributed by atoms with Crippen LogP contribution in [-0.4, -0.2) is 16.2 Å². The van der Waals surface area contributed by atoms with Crippen LogP contribution in [0.2, 0.25) is 0 Å². The molecule has 2 rings (SSSR count). The summed E-state index contributed by atoms with van der Waals surface area (Å²) in [4.78, 5) is 4.66. The number of nitrogens with zero attached hydrogens (tertiary/aromatic N) is 2. The number of imidazole rings is 1. The third-order valence-electron chi connectivity index (χ3n) is 3.32. The highest BCUT2D eigenvalue weighted by molar-refractivity contribution is 6.16. The lowest BCUT2D eigenvalue weighted by Crippen LogP contribution is -2.08. The van der Waals surface area contributed by atoms with Gasteiger partial charge in [0.15, 0.2) is 0 Å². The highest BCUT2D eigenvalue weighted by atomic mass is 35.5. The van der Waals surface area contributed by atoms with Gasteiger partial charge in [0.1, 0.15) is 17.1 Å². The van der Waals surface area contributed by atoms with E-state index in [0.717, 1.165) is 35.4 Å². The number of aromatic nitrogens is 2. The molecule has 0 amide bonds. The molecule has 0 saturated carbocycles. The van der Waals surface area contributed by atoms with E-state index in [9.17, 15) is 0 Å². The number of hydrogen-bond donors (Lipinski definition) is 0. The molecule has 2 aromatic rings. The first kappa shape index (κ1) is 14.2. The van der Waals surface area contributed by atoms with Crippen LogP contribution < -0.4 is 4.74 Å². The van der Waals surface area contributed by atoms with Gasteiger partial charge in [-0.2, -0.15) is 0 Å². The number of hydrogen-bond acceptors (Lipinski definition) is 2. The van der Waals surface area contributed by atoms with Crippen LogP contribution in [0.15, 0.2) is 18.2 Å². The summed E-state index contributed by atoms with van der Waals surface area (Å²) in [6, 6.07) is 6.47. The zero-order chi connectivity index (χ0) is 13.8. The molecule has 0 fully saturated rings. The molecule has 0 aliphatic rings. The van der Waals surface area contributed by atoms with Crippen molar-refractivity contribution < 1.29 is 4.74 Å². The minimum Gasteiger partial charge on any atom is -0.492 e. The van der Waals surface area contributed by atoms with Gasteiger partial charge in [-0.15, -0.1) is 11.6 Å². The van der Waals surface area contributed by atoms with E-state index in [2.05, 4.69) is 29.5 Å². The van der Waals surface area contributed by atoms with Crippen LogP contribution in [0, 0.1) is 0 Å². The van der Waals surface area contributed by atoms with E-state index in [-0.39, 0.29) is 0 Å². The lowest BCUT2D eigenvalue weighted by molar-refractivity contribution is 0.343. The predicted molar refractivity (Wildman–Crippen MR) is 80.1 cm³/mol. The third-order valence-corrected chi connectivity index (χ3v) is 3.56. The molecule has 0 aliphatic carbocycles. The lowest BCUT2D eigenvalue weighted by Gasteiger charge is -2.16. The molecule has 0 bridgehead atoms. The van der Waals surface area contributed by atoms with Gasteiger partial charge in [0.05, 0.1) is 18.0 Å². The summed E-state index contributed by atoms with van der Waals surface area (Å²) in [5, 5.41) is 0. The minimum atomic E-state index is 0.403. The molecule has 1 heterocycles. The minimum absolute atomic E-state index is 0.403. The van der Waals surface area contributed by atoms with Gasteiger partial charge in [-0.1, -0.05) is 19.4 Å². The number of para-hydroxylation sites is 1. The van der Waals surface area contributed by atoms with E-state index in [1.165, 1.54) is 0 Å². The summed E-state index contributed by atoms with van der Waals surface area (Å²) in [5.74, 6) is 2.19. The maximum Gasteiger partial charge on any atom is 0.147 e. The molecular weight excluding hydrogens is 260 g/mol.